The molecule has 0 aromatic rings. The molecule has 0 bridgehead atoms. The first-order chi connectivity index (χ1) is 6.27. The first-order valence-electron chi connectivity index (χ1n) is 5.83. The van der Waals surface area contributed by atoms with E-state index < -0.39 is 0 Å². The summed E-state index contributed by atoms with van der Waals surface area (Å²) in [5, 5.41) is 0. The fraction of sp³-hybridized carbons (Fsp3) is 1.00. The fourth-order valence-corrected chi connectivity index (χ4v) is 3.27. The summed E-state index contributed by atoms with van der Waals surface area (Å²) < 4.78 is 0. The third-order valence-corrected chi connectivity index (χ3v) is 4.53. The van der Waals surface area contributed by atoms with Crippen molar-refractivity contribution in [1.82, 2.24) is 0 Å². The average molecular weight is 217 g/mol. The van der Waals surface area contributed by atoms with E-state index in [9.17, 15) is 0 Å². The van der Waals surface area contributed by atoms with Crippen molar-refractivity contribution in [3.8, 4) is 0 Å². The first-order valence-corrected chi connectivity index (χ1v) is 6.36. The summed E-state index contributed by atoms with van der Waals surface area (Å²) in [7, 11) is 0. The fourth-order valence-electron chi connectivity index (χ4n) is 3.05. The highest BCUT2D eigenvalue weighted by Crippen LogP contribution is 2.48. The van der Waals surface area contributed by atoms with Gasteiger partial charge in [0.1, 0.15) is 0 Å². The van der Waals surface area contributed by atoms with Gasteiger partial charge in [-0.2, -0.15) is 0 Å². The quantitative estimate of drug-likeness (QED) is 0.587. The molecule has 0 spiro atoms. The highest BCUT2D eigenvalue weighted by Gasteiger charge is 2.38. The Morgan fingerprint density at radius 1 is 1.29 bits per heavy atom. The van der Waals surface area contributed by atoms with Crippen molar-refractivity contribution < 1.29 is 0 Å². The van der Waals surface area contributed by atoms with Crippen molar-refractivity contribution in [2.45, 2.75) is 53.9 Å². The van der Waals surface area contributed by atoms with Crippen LogP contribution in [0.5, 0.6) is 0 Å². The summed E-state index contributed by atoms with van der Waals surface area (Å²) in [6.07, 6.45) is 4.09. The van der Waals surface area contributed by atoms with E-state index in [2.05, 4.69) is 34.6 Å². The minimum absolute atomic E-state index is 0.313. The molecule has 0 radical (unpaired) electrons. The Labute approximate surface area is 94.4 Å². The van der Waals surface area contributed by atoms with E-state index in [1.165, 1.54) is 19.3 Å². The van der Waals surface area contributed by atoms with Crippen molar-refractivity contribution in [1.29, 1.82) is 0 Å². The summed E-state index contributed by atoms with van der Waals surface area (Å²) in [6.45, 7) is 11.8. The number of hydrogen-bond donors (Lipinski definition) is 0. The van der Waals surface area contributed by atoms with Gasteiger partial charge in [-0.1, -0.05) is 34.6 Å². The zero-order chi connectivity index (χ0) is 11.0. The molecule has 0 saturated heterocycles. The largest absolute Gasteiger partial charge is 0.126 e. The number of alkyl halides is 1. The Morgan fingerprint density at radius 3 is 2.29 bits per heavy atom. The van der Waals surface area contributed by atoms with Crippen molar-refractivity contribution in [3.05, 3.63) is 0 Å². The van der Waals surface area contributed by atoms with Crippen molar-refractivity contribution in [3.63, 3.8) is 0 Å². The molecule has 0 aromatic heterocycles. The molecular weight excluding hydrogens is 192 g/mol. The van der Waals surface area contributed by atoms with Crippen molar-refractivity contribution >= 4 is 11.6 Å². The Balaban J connectivity index is 2.71. The van der Waals surface area contributed by atoms with Gasteiger partial charge in [-0.25, -0.2) is 0 Å². The van der Waals surface area contributed by atoms with E-state index in [-0.39, 0.29) is 0 Å². The molecule has 1 fully saturated rings. The Kier molecular flexibility index (Phi) is 3.57. The lowest BCUT2D eigenvalue weighted by Crippen LogP contribution is -2.36. The molecule has 0 aromatic carbocycles. The lowest BCUT2D eigenvalue weighted by Gasteiger charge is -2.45. The third-order valence-electron chi connectivity index (χ3n) is 3.84. The van der Waals surface area contributed by atoms with Gasteiger partial charge in [0.05, 0.1) is 0 Å². The smallest absolute Gasteiger partial charge is 0.0277 e. The van der Waals surface area contributed by atoms with Crippen LogP contribution in [-0.2, 0) is 0 Å². The van der Waals surface area contributed by atoms with E-state index in [4.69, 9.17) is 11.6 Å². The second-order valence-electron chi connectivity index (χ2n) is 6.73. The van der Waals surface area contributed by atoms with Crippen LogP contribution >= 0.6 is 11.6 Å². The van der Waals surface area contributed by atoms with E-state index >= 15 is 0 Å². The number of halogens is 1. The zero-order valence-corrected chi connectivity index (χ0v) is 11.1. The van der Waals surface area contributed by atoms with Crippen LogP contribution in [0.15, 0.2) is 0 Å². The van der Waals surface area contributed by atoms with Gasteiger partial charge in [0.2, 0.25) is 0 Å². The molecule has 1 aliphatic rings. The summed E-state index contributed by atoms with van der Waals surface area (Å²) in [5.41, 5.74) is 0.833. The van der Waals surface area contributed by atoms with Crippen molar-refractivity contribution in [2.24, 2.45) is 22.7 Å². The molecule has 0 N–H and O–H groups in total. The van der Waals surface area contributed by atoms with Gasteiger partial charge in [-0.3, -0.25) is 0 Å². The van der Waals surface area contributed by atoms with E-state index in [1.807, 2.05) is 0 Å². The molecule has 0 heterocycles. The number of rotatable bonds is 2. The van der Waals surface area contributed by atoms with Gasteiger partial charge in [0.25, 0.3) is 0 Å². The van der Waals surface area contributed by atoms with Gasteiger partial charge < -0.3 is 0 Å². The second-order valence-corrected chi connectivity index (χ2v) is 7.00. The van der Waals surface area contributed by atoms with Crippen LogP contribution < -0.4 is 0 Å². The highest BCUT2D eigenvalue weighted by molar-refractivity contribution is 6.18. The van der Waals surface area contributed by atoms with E-state index in [0.717, 1.165) is 17.7 Å². The summed E-state index contributed by atoms with van der Waals surface area (Å²) in [6, 6.07) is 0. The summed E-state index contributed by atoms with van der Waals surface area (Å²) in [5.74, 6) is 2.46. The predicted octanol–water partition coefficient (Wildman–Crippen LogP) is 4.71. The van der Waals surface area contributed by atoms with Gasteiger partial charge >= 0.3 is 0 Å². The van der Waals surface area contributed by atoms with Crippen LogP contribution in [0.1, 0.15) is 53.9 Å². The van der Waals surface area contributed by atoms with Gasteiger partial charge in [-0.15, -0.1) is 11.6 Å². The SMILES string of the molecule is CC1CC(C(C)(C)CCl)CC(C)(C)C1. The second kappa shape index (κ2) is 4.04. The minimum atomic E-state index is 0.313. The molecule has 1 heteroatoms. The molecule has 84 valence electrons. The topological polar surface area (TPSA) is 0 Å². The third kappa shape index (κ3) is 2.89. The molecule has 0 amide bonds. The predicted molar refractivity (Wildman–Crippen MR) is 64.8 cm³/mol. The number of hydrogen-bond acceptors (Lipinski definition) is 0. The summed E-state index contributed by atoms with van der Waals surface area (Å²) >= 11 is 6.07. The van der Waals surface area contributed by atoms with Gasteiger partial charge in [0.15, 0.2) is 0 Å². The zero-order valence-electron chi connectivity index (χ0n) is 10.4. The maximum atomic E-state index is 6.07. The molecule has 1 saturated carbocycles. The van der Waals surface area contributed by atoms with Crippen LogP contribution in [0.25, 0.3) is 0 Å². The molecule has 1 rings (SSSR count). The lowest BCUT2D eigenvalue weighted by molar-refractivity contribution is 0.0651. The first kappa shape index (κ1) is 12.4. The molecule has 1 aliphatic carbocycles. The van der Waals surface area contributed by atoms with Gasteiger partial charge in [0, 0.05) is 5.88 Å². The lowest BCUT2D eigenvalue weighted by atomic mass is 9.61. The van der Waals surface area contributed by atoms with Crippen LogP contribution in [0, 0.1) is 22.7 Å². The highest BCUT2D eigenvalue weighted by atomic mass is 35.5. The molecule has 2 unspecified atom stereocenters. The normalized spacial score (nSPS) is 33.0. The summed E-state index contributed by atoms with van der Waals surface area (Å²) in [4.78, 5) is 0. The molecular formula is C13H25Cl. The van der Waals surface area contributed by atoms with Gasteiger partial charge in [-0.05, 0) is 41.9 Å². The monoisotopic (exact) mass is 216 g/mol. The minimum Gasteiger partial charge on any atom is -0.126 e. The van der Waals surface area contributed by atoms with Crippen LogP contribution in [0.3, 0.4) is 0 Å². The average Bonchev–Trinajstić information content (AvgIpc) is 2.00. The molecule has 0 nitrogen and oxygen atoms in total. The maximum absolute atomic E-state index is 6.07. The van der Waals surface area contributed by atoms with Crippen LogP contribution in [0.2, 0.25) is 0 Å². The Bertz CT molecular complexity index is 193. The van der Waals surface area contributed by atoms with E-state index in [0.29, 0.717) is 10.8 Å². The standard InChI is InChI=1S/C13H25Cl/c1-10-6-11(13(4,5)9-14)8-12(2,3)7-10/h10-11H,6-9H2,1-5H3. The Morgan fingerprint density at radius 2 is 1.86 bits per heavy atom. The van der Waals surface area contributed by atoms with Crippen molar-refractivity contribution in [2.75, 3.05) is 5.88 Å². The van der Waals surface area contributed by atoms with Crippen LogP contribution in [-0.4, -0.2) is 5.88 Å². The van der Waals surface area contributed by atoms with E-state index in [1.54, 1.807) is 0 Å². The molecule has 2 atom stereocenters. The Hall–Kier alpha value is 0.290. The molecule has 14 heavy (non-hydrogen) atoms. The molecule has 0 aliphatic heterocycles. The maximum Gasteiger partial charge on any atom is 0.0277 e. The van der Waals surface area contributed by atoms with Crippen LogP contribution in [0.4, 0.5) is 0 Å².